The molecule has 0 aromatic carbocycles. The smallest absolute Gasteiger partial charge is 0.0609 e. The Kier molecular flexibility index (Phi) is 10.5. The first-order chi connectivity index (χ1) is 11.3. The number of aliphatic hydroxyl groups is 1. The number of ether oxygens (including phenoxy) is 1. The highest BCUT2D eigenvalue weighted by atomic mass is 16.5. The normalized spacial score (nSPS) is 20.4. The lowest BCUT2D eigenvalue weighted by Crippen LogP contribution is -2.59. The fraction of sp³-hybridized carbons (Fsp3) is 1.00. The Bertz CT molecular complexity index is 299. The fourth-order valence-electron chi connectivity index (χ4n) is 4.22. The average Bonchev–Trinajstić information content (AvgIpc) is 2.45. The summed E-state index contributed by atoms with van der Waals surface area (Å²) < 4.78 is 6.18. The molecule has 1 aliphatic heterocycles. The third-order valence-corrected chi connectivity index (χ3v) is 5.06. The molecule has 24 heavy (non-hydrogen) atoms. The summed E-state index contributed by atoms with van der Waals surface area (Å²) in [4.78, 5) is 0. The molecule has 0 radical (unpaired) electrons. The standard InChI is InChI=1S/C21H43NO2/c1-20(2)17-19(18-21(3,4)22-20)24-16-14-12-10-8-6-5-7-9-11-13-15-23/h19,22-23H,5-18H2,1-4H3. The van der Waals surface area contributed by atoms with Crippen molar-refractivity contribution in [1.82, 2.24) is 5.32 Å². The summed E-state index contributed by atoms with van der Waals surface area (Å²) in [6.07, 6.45) is 15.4. The molecule has 1 rings (SSSR count). The zero-order chi connectivity index (χ0) is 17.9. The van der Waals surface area contributed by atoms with Gasteiger partial charge in [-0.05, 0) is 53.4 Å². The number of piperidine rings is 1. The Morgan fingerprint density at radius 1 is 0.750 bits per heavy atom. The lowest BCUT2D eigenvalue weighted by atomic mass is 9.81. The van der Waals surface area contributed by atoms with Gasteiger partial charge in [0.1, 0.15) is 0 Å². The molecule has 1 aliphatic rings. The number of aliphatic hydroxyl groups excluding tert-OH is 1. The van der Waals surface area contributed by atoms with Gasteiger partial charge in [0.25, 0.3) is 0 Å². The van der Waals surface area contributed by atoms with Crippen molar-refractivity contribution in [3.8, 4) is 0 Å². The van der Waals surface area contributed by atoms with Gasteiger partial charge in [-0.25, -0.2) is 0 Å². The van der Waals surface area contributed by atoms with E-state index in [0.717, 1.165) is 25.9 Å². The van der Waals surface area contributed by atoms with Crippen LogP contribution >= 0.6 is 0 Å². The van der Waals surface area contributed by atoms with Gasteiger partial charge < -0.3 is 15.2 Å². The van der Waals surface area contributed by atoms with Crippen molar-refractivity contribution in [3.63, 3.8) is 0 Å². The van der Waals surface area contributed by atoms with Crippen molar-refractivity contribution in [1.29, 1.82) is 0 Å². The maximum atomic E-state index is 8.73. The third kappa shape index (κ3) is 10.7. The summed E-state index contributed by atoms with van der Waals surface area (Å²) in [6, 6.07) is 0. The van der Waals surface area contributed by atoms with Crippen LogP contribution in [-0.4, -0.2) is 35.5 Å². The van der Waals surface area contributed by atoms with E-state index < -0.39 is 0 Å². The minimum Gasteiger partial charge on any atom is -0.396 e. The Morgan fingerprint density at radius 3 is 1.62 bits per heavy atom. The number of hydrogen-bond acceptors (Lipinski definition) is 3. The highest BCUT2D eigenvalue weighted by Crippen LogP contribution is 2.30. The second kappa shape index (κ2) is 11.5. The Hall–Kier alpha value is -0.120. The van der Waals surface area contributed by atoms with Gasteiger partial charge in [-0.3, -0.25) is 0 Å². The summed E-state index contributed by atoms with van der Waals surface area (Å²) in [6.45, 7) is 10.4. The molecule has 144 valence electrons. The van der Waals surface area contributed by atoms with Gasteiger partial charge in [0.15, 0.2) is 0 Å². The van der Waals surface area contributed by atoms with Crippen LogP contribution in [0.3, 0.4) is 0 Å². The fourth-order valence-corrected chi connectivity index (χ4v) is 4.22. The Balaban J connectivity index is 1.93. The molecule has 0 saturated carbocycles. The molecule has 3 nitrogen and oxygen atoms in total. The lowest BCUT2D eigenvalue weighted by Gasteiger charge is -2.46. The van der Waals surface area contributed by atoms with E-state index in [0.29, 0.717) is 12.7 Å². The van der Waals surface area contributed by atoms with E-state index in [1.165, 1.54) is 57.8 Å². The van der Waals surface area contributed by atoms with Crippen LogP contribution in [0.2, 0.25) is 0 Å². The van der Waals surface area contributed by atoms with E-state index in [-0.39, 0.29) is 11.1 Å². The maximum Gasteiger partial charge on any atom is 0.0609 e. The first-order valence-corrected chi connectivity index (χ1v) is 10.4. The molecule has 0 aliphatic carbocycles. The zero-order valence-corrected chi connectivity index (χ0v) is 16.8. The van der Waals surface area contributed by atoms with Crippen LogP contribution in [0.25, 0.3) is 0 Å². The molecule has 0 bridgehead atoms. The number of hydrogen-bond donors (Lipinski definition) is 2. The quantitative estimate of drug-likeness (QED) is 0.452. The van der Waals surface area contributed by atoms with Crippen molar-refractivity contribution in [2.45, 2.75) is 122 Å². The van der Waals surface area contributed by atoms with Crippen molar-refractivity contribution < 1.29 is 9.84 Å². The Labute approximate surface area is 150 Å². The van der Waals surface area contributed by atoms with Crippen molar-refractivity contribution in [3.05, 3.63) is 0 Å². The van der Waals surface area contributed by atoms with Crippen LogP contribution in [0.4, 0.5) is 0 Å². The van der Waals surface area contributed by atoms with E-state index in [1.807, 2.05) is 0 Å². The van der Waals surface area contributed by atoms with Crippen LogP contribution in [0.5, 0.6) is 0 Å². The van der Waals surface area contributed by atoms with Gasteiger partial charge >= 0.3 is 0 Å². The molecule has 0 amide bonds. The predicted octanol–water partition coefficient (Wildman–Crippen LogP) is 5.21. The summed E-state index contributed by atoms with van der Waals surface area (Å²) in [7, 11) is 0. The van der Waals surface area contributed by atoms with Gasteiger partial charge in [-0.15, -0.1) is 0 Å². The van der Waals surface area contributed by atoms with Crippen LogP contribution < -0.4 is 5.32 Å². The average molecular weight is 342 g/mol. The van der Waals surface area contributed by atoms with Gasteiger partial charge in [0, 0.05) is 24.3 Å². The molecule has 1 fully saturated rings. The second-order valence-electron chi connectivity index (χ2n) is 9.05. The molecule has 0 aromatic rings. The monoisotopic (exact) mass is 341 g/mol. The van der Waals surface area contributed by atoms with E-state index in [4.69, 9.17) is 9.84 Å². The predicted molar refractivity (Wildman–Crippen MR) is 104 cm³/mol. The molecule has 1 heterocycles. The van der Waals surface area contributed by atoms with Crippen LogP contribution in [0.15, 0.2) is 0 Å². The van der Waals surface area contributed by atoms with E-state index in [1.54, 1.807) is 0 Å². The summed E-state index contributed by atoms with van der Waals surface area (Å²) in [5.74, 6) is 0. The van der Waals surface area contributed by atoms with Gasteiger partial charge in [-0.2, -0.15) is 0 Å². The molecule has 3 heteroatoms. The number of rotatable bonds is 13. The van der Waals surface area contributed by atoms with E-state index in [9.17, 15) is 0 Å². The van der Waals surface area contributed by atoms with E-state index in [2.05, 4.69) is 33.0 Å². The van der Waals surface area contributed by atoms with Crippen molar-refractivity contribution in [2.24, 2.45) is 0 Å². The lowest BCUT2D eigenvalue weighted by molar-refractivity contribution is -0.0228. The molecule has 0 spiro atoms. The summed E-state index contributed by atoms with van der Waals surface area (Å²) >= 11 is 0. The highest BCUT2D eigenvalue weighted by Gasteiger charge is 2.37. The van der Waals surface area contributed by atoms with Gasteiger partial charge in [-0.1, -0.05) is 51.4 Å². The van der Waals surface area contributed by atoms with Crippen LogP contribution in [0, 0.1) is 0 Å². The van der Waals surface area contributed by atoms with E-state index >= 15 is 0 Å². The minimum absolute atomic E-state index is 0.184. The Morgan fingerprint density at radius 2 is 1.17 bits per heavy atom. The molecule has 0 atom stereocenters. The second-order valence-corrected chi connectivity index (χ2v) is 9.05. The first kappa shape index (κ1) is 21.9. The number of unbranched alkanes of at least 4 members (excludes halogenated alkanes) is 9. The van der Waals surface area contributed by atoms with Gasteiger partial charge in [0.2, 0.25) is 0 Å². The SMILES string of the molecule is CC1(C)CC(OCCCCCCCCCCCCO)CC(C)(C)N1. The first-order valence-electron chi connectivity index (χ1n) is 10.4. The molecule has 0 aromatic heterocycles. The summed E-state index contributed by atoms with van der Waals surface area (Å²) in [5, 5.41) is 12.4. The van der Waals surface area contributed by atoms with Gasteiger partial charge in [0.05, 0.1) is 6.10 Å². The van der Waals surface area contributed by atoms with Crippen LogP contribution in [0.1, 0.15) is 105 Å². The zero-order valence-electron chi connectivity index (χ0n) is 16.8. The maximum absolute atomic E-state index is 8.73. The molecular weight excluding hydrogens is 298 g/mol. The molecule has 2 N–H and O–H groups in total. The third-order valence-electron chi connectivity index (χ3n) is 5.06. The van der Waals surface area contributed by atoms with Crippen molar-refractivity contribution in [2.75, 3.05) is 13.2 Å². The molecule has 1 saturated heterocycles. The molecule has 0 unspecified atom stereocenters. The highest BCUT2D eigenvalue weighted by molar-refractivity contribution is 4.97. The van der Waals surface area contributed by atoms with Crippen molar-refractivity contribution >= 4 is 0 Å². The molecular formula is C21H43NO2. The van der Waals surface area contributed by atoms with Crippen LogP contribution in [-0.2, 0) is 4.74 Å². The largest absolute Gasteiger partial charge is 0.396 e. The minimum atomic E-state index is 0.184. The topological polar surface area (TPSA) is 41.5 Å². The summed E-state index contributed by atoms with van der Waals surface area (Å²) in [5.41, 5.74) is 0.368. The number of nitrogens with one attached hydrogen (secondary N) is 1.